The lowest BCUT2D eigenvalue weighted by atomic mass is 10.0. The van der Waals surface area contributed by atoms with Crippen molar-refractivity contribution in [1.82, 2.24) is 0 Å². The van der Waals surface area contributed by atoms with Crippen molar-refractivity contribution in [2.24, 2.45) is 0 Å². The van der Waals surface area contributed by atoms with Crippen molar-refractivity contribution in [2.75, 3.05) is 14.2 Å². The molecule has 2 rings (SSSR count). The SMILES string of the molecule is COc1cccc(C(O[P+](=O)O)c2cccc(OC)c2)c1. The molecule has 1 atom stereocenters. The van der Waals surface area contributed by atoms with Crippen LogP contribution < -0.4 is 9.47 Å². The van der Waals surface area contributed by atoms with Gasteiger partial charge in [-0.15, -0.1) is 9.42 Å². The number of methoxy groups -OCH3 is 2. The Bertz CT molecular complexity index is 581. The first-order valence-electron chi connectivity index (χ1n) is 6.25. The number of hydrogen-bond donors (Lipinski definition) is 1. The highest BCUT2D eigenvalue weighted by Crippen LogP contribution is 2.36. The summed E-state index contributed by atoms with van der Waals surface area (Å²) in [7, 11) is 0.379. The summed E-state index contributed by atoms with van der Waals surface area (Å²) in [6.45, 7) is 0. The van der Waals surface area contributed by atoms with Crippen LogP contribution in [0.15, 0.2) is 48.5 Å². The topological polar surface area (TPSA) is 65.0 Å². The molecule has 0 aliphatic carbocycles. The van der Waals surface area contributed by atoms with Gasteiger partial charge in [-0.2, -0.15) is 0 Å². The van der Waals surface area contributed by atoms with E-state index in [1.807, 2.05) is 12.1 Å². The number of rotatable bonds is 6. The van der Waals surface area contributed by atoms with Gasteiger partial charge in [-0.25, -0.2) is 0 Å². The van der Waals surface area contributed by atoms with Gasteiger partial charge in [-0.3, -0.25) is 0 Å². The molecule has 0 fully saturated rings. The van der Waals surface area contributed by atoms with E-state index in [9.17, 15) is 4.57 Å². The summed E-state index contributed by atoms with van der Waals surface area (Å²) < 4.78 is 26.7. The third-order valence-electron chi connectivity index (χ3n) is 2.99. The molecule has 0 saturated heterocycles. The first-order valence-corrected chi connectivity index (χ1v) is 7.38. The molecule has 6 heteroatoms. The lowest BCUT2D eigenvalue weighted by Gasteiger charge is -2.13. The Labute approximate surface area is 124 Å². The summed E-state index contributed by atoms with van der Waals surface area (Å²) in [5, 5.41) is 0. The minimum absolute atomic E-state index is 0.650. The number of hydrogen-bond acceptors (Lipinski definition) is 4. The van der Waals surface area contributed by atoms with Gasteiger partial charge in [0.1, 0.15) is 11.5 Å². The highest BCUT2D eigenvalue weighted by molar-refractivity contribution is 7.32. The molecular formula is C15H16O5P+. The van der Waals surface area contributed by atoms with Crippen molar-refractivity contribution < 1.29 is 23.5 Å². The predicted octanol–water partition coefficient (Wildman–Crippen LogP) is 3.46. The molecule has 0 bridgehead atoms. The zero-order chi connectivity index (χ0) is 15.2. The summed E-state index contributed by atoms with van der Waals surface area (Å²) in [5.74, 6) is 1.30. The van der Waals surface area contributed by atoms with Crippen molar-refractivity contribution in [3.63, 3.8) is 0 Å². The molecule has 0 aliphatic rings. The monoisotopic (exact) mass is 307 g/mol. The van der Waals surface area contributed by atoms with Crippen LogP contribution in [0.1, 0.15) is 17.2 Å². The van der Waals surface area contributed by atoms with Crippen LogP contribution in [-0.2, 0) is 9.09 Å². The summed E-state index contributed by atoms with van der Waals surface area (Å²) >= 11 is 0. The highest BCUT2D eigenvalue weighted by atomic mass is 31.1. The van der Waals surface area contributed by atoms with E-state index in [0.717, 1.165) is 11.1 Å². The fourth-order valence-corrected chi connectivity index (χ4v) is 2.44. The summed E-state index contributed by atoms with van der Waals surface area (Å²) in [6, 6.07) is 14.4. The lowest BCUT2D eigenvalue weighted by Crippen LogP contribution is -2.03. The van der Waals surface area contributed by atoms with Crippen LogP contribution in [0.2, 0.25) is 0 Å². The predicted molar refractivity (Wildman–Crippen MR) is 78.7 cm³/mol. The van der Waals surface area contributed by atoms with Crippen molar-refractivity contribution in [3.8, 4) is 11.5 Å². The number of ether oxygens (including phenoxy) is 2. The third-order valence-corrected chi connectivity index (χ3v) is 3.38. The molecule has 0 radical (unpaired) electrons. The highest BCUT2D eigenvalue weighted by Gasteiger charge is 2.27. The minimum Gasteiger partial charge on any atom is -0.497 e. The Hall–Kier alpha value is -1.94. The van der Waals surface area contributed by atoms with Gasteiger partial charge in [0, 0.05) is 4.57 Å². The van der Waals surface area contributed by atoms with E-state index in [-0.39, 0.29) is 0 Å². The standard InChI is InChI=1S/C15H15O5P/c1-18-13-7-3-5-11(9-13)15(20-21(16)17)12-6-4-8-14(10-12)19-2/h3-10,15H,1-2H3/p+1. The smallest absolute Gasteiger partial charge is 0.497 e. The second-order valence-electron chi connectivity index (χ2n) is 4.28. The minimum atomic E-state index is -2.75. The van der Waals surface area contributed by atoms with Crippen molar-refractivity contribution >= 4 is 8.25 Å². The second-order valence-corrected chi connectivity index (χ2v) is 4.96. The van der Waals surface area contributed by atoms with Crippen molar-refractivity contribution in [3.05, 3.63) is 59.7 Å². The van der Waals surface area contributed by atoms with E-state index >= 15 is 0 Å². The molecule has 0 aliphatic heterocycles. The normalized spacial score (nSPS) is 11.3. The molecule has 0 amide bonds. The third kappa shape index (κ3) is 4.02. The Morgan fingerprint density at radius 2 is 1.43 bits per heavy atom. The first kappa shape index (κ1) is 15.4. The molecule has 21 heavy (non-hydrogen) atoms. The molecule has 0 heterocycles. The molecule has 2 aromatic rings. The van der Waals surface area contributed by atoms with E-state index in [1.54, 1.807) is 50.6 Å². The van der Waals surface area contributed by atoms with Crippen LogP contribution in [0.3, 0.4) is 0 Å². The Balaban J connectivity index is 2.43. The van der Waals surface area contributed by atoms with Gasteiger partial charge in [0.2, 0.25) is 0 Å². The van der Waals surface area contributed by atoms with Gasteiger partial charge in [-0.1, -0.05) is 24.3 Å². The largest absolute Gasteiger partial charge is 0.695 e. The van der Waals surface area contributed by atoms with Crippen LogP contribution in [0.4, 0.5) is 0 Å². The van der Waals surface area contributed by atoms with Crippen molar-refractivity contribution in [1.29, 1.82) is 0 Å². The second kappa shape index (κ2) is 7.18. The quantitative estimate of drug-likeness (QED) is 0.828. The van der Waals surface area contributed by atoms with Gasteiger partial charge in [0.25, 0.3) is 0 Å². The van der Waals surface area contributed by atoms with E-state index in [4.69, 9.17) is 18.9 Å². The molecule has 0 spiro atoms. The van der Waals surface area contributed by atoms with Crippen LogP contribution >= 0.6 is 8.25 Å². The van der Waals surface area contributed by atoms with Crippen LogP contribution in [0, 0.1) is 0 Å². The van der Waals surface area contributed by atoms with Gasteiger partial charge in [0.05, 0.1) is 14.2 Å². The Kier molecular flexibility index (Phi) is 5.28. The molecule has 110 valence electrons. The van der Waals surface area contributed by atoms with E-state index < -0.39 is 14.4 Å². The zero-order valence-electron chi connectivity index (χ0n) is 11.7. The summed E-state index contributed by atoms with van der Waals surface area (Å²) in [5.41, 5.74) is 1.44. The van der Waals surface area contributed by atoms with Crippen LogP contribution in [-0.4, -0.2) is 19.1 Å². The molecular weight excluding hydrogens is 291 g/mol. The van der Waals surface area contributed by atoms with Gasteiger partial charge in [0.15, 0.2) is 6.10 Å². The molecule has 2 aromatic carbocycles. The average Bonchev–Trinajstić information content (AvgIpc) is 2.52. The van der Waals surface area contributed by atoms with Gasteiger partial charge >= 0.3 is 8.25 Å². The van der Waals surface area contributed by atoms with Gasteiger partial charge in [-0.05, 0) is 35.4 Å². The summed E-state index contributed by atoms with van der Waals surface area (Å²) in [4.78, 5) is 9.12. The molecule has 0 aromatic heterocycles. The fraction of sp³-hybridized carbons (Fsp3) is 0.200. The van der Waals surface area contributed by atoms with Gasteiger partial charge < -0.3 is 9.47 Å². The van der Waals surface area contributed by atoms with Crippen molar-refractivity contribution in [2.45, 2.75) is 6.10 Å². The summed E-state index contributed by atoms with van der Waals surface area (Å²) in [6.07, 6.45) is -0.677. The van der Waals surface area contributed by atoms with Crippen LogP contribution in [0.25, 0.3) is 0 Å². The van der Waals surface area contributed by atoms with Crippen LogP contribution in [0.5, 0.6) is 11.5 Å². The molecule has 0 saturated carbocycles. The maximum Gasteiger partial charge on any atom is 0.695 e. The maximum absolute atomic E-state index is 11.1. The van der Waals surface area contributed by atoms with E-state index in [0.29, 0.717) is 11.5 Å². The number of benzene rings is 2. The first-order chi connectivity index (χ1) is 10.1. The molecule has 1 unspecified atom stereocenters. The zero-order valence-corrected chi connectivity index (χ0v) is 12.6. The fourth-order valence-electron chi connectivity index (χ4n) is 2.01. The molecule has 1 N–H and O–H groups in total. The van der Waals surface area contributed by atoms with E-state index in [2.05, 4.69) is 0 Å². The average molecular weight is 307 g/mol. The Morgan fingerprint density at radius 3 is 1.81 bits per heavy atom. The van der Waals surface area contributed by atoms with E-state index in [1.165, 1.54) is 0 Å². The Morgan fingerprint density at radius 1 is 0.952 bits per heavy atom. The molecule has 5 nitrogen and oxygen atoms in total. The lowest BCUT2D eigenvalue weighted by molar-refractivity contribution is 0.225. The maximum atomic E-state index is 11.1.